The average molecular weight is 412 g/mol. The molecule has 0 aliphatic carbocycles. The number of nitrogens with one attached hydrogen (secondary N) is 2. The van der Waals surface area contributed by atoms with E-state index in [1.807, 2.05) is 20.8 Å². The number of aliphatic imine (C=N–C) groups is 1. The molecule has 0 unspecified atom stereocenters. The van der Waals surface area contributed by atoms with Crippen molar-refractivity contribution < 1.29 is 14.4 Å². The monoisotopic (exact) mass is 411 g/mol. The van der Waals surface area contributed by atoms with Gasteiger partial charge in [0.2, 0.25) is 17.7 Å². The molecule has 1 aliphatic heterocycles. The summed E-state index contributed by atoms with van der Waals surface area (Å²) in [5.74, 6) is -0.569. The number of hydrogen-bond donors (Lipinski definition) is 5. The number of likely N-dealkylation sites (N-methyl/N-ethyl adjacent to an activating group) is 1. The molecule has 1 saturated heterocycles. The van der Waals surface area contributed by atoms with Gasteiger partial charge < -0.3 is 32.7 Å². The Morgan fingerprint density at radius 1 is 1.24 bits per heavy atom. The Hall–Kier alpha value is -2.36. The molecule has 0 aromatic heterocycles. The first-order chi connectivity index (χ1) is 13.7. The molecule has 0 aromatic carbocycles. The van der Waals surface area contributed by atoms with Crippen LogP contribution in [0.3, 0.4) is 0 Å². The number of hydrogen-bond acceptors (Lipinski definition) is 5. The minimum absolute atomic E-state index is 0.0216. The second-order valence-electron chi connectivity index (χ2n) is 7.83. The summed E-state index contributed by atoms with van der Waals surface area (Å²) in [7, 11) is 0. The average Bonchev–Trinajstić information content (AvgIpc) is 3.12. The van der Waals surface area contributed by atoms with E-state index >= 15 is 0 Å². The van der Waals surface area contributed by atoms with Crippen molar-refractivity contribution in [2.24, 2.45) is 28.1 Å². The molecule has 8 N–H and O–H groups in total. The molecule has 0 bridgehead atoms. The topological polar surface area (TPSA) is 169 Å². The Morgan fingerprint density at radius 2 is 1.93 bits per heavy atom. The molecule has 10 nitrogen and oxygen atoms in total. The van der Waals surface area contributed by atoms with Gasteiger partial charge in [-0.15, -0.1) is 0 Å². The number of carbonyl (C=O) groups is 3. The van der Waals surface area contributed by atoms with E-state index in [1.54, 1.807) is 4.90 Å². The standard InChI is InChI=1S/C19H37N7O3/c1-4-23-17(28)15-8-6-10-26(15)18(29)14(7-5-9-24-19(21)22)25-16(27)13(20)11-12(2)3/h12-15H,4-11,20H2,1-3H3,(H,23,28)(H,25,27)(H4,21,22,24)/t13-,14+,15+/m1/s1. The van der Waals surface area contributed by atoms with Crippen LogP contribution in [0.5, 0.6) is 0 Å². The van der Waals surface area contributed by atoms with Gasteiger partial charge in [-0.05, 0) is 44.9 Å². The quantitative estimate of drug-likeness (QED) is 0.166. The van der Waals surface area contributed by atoms with Crippen molar-refractivity contribution in [1.29, 1.82) is 0 Å². The molecule has 29 heavy (non-hydrogen) atoms. The van der Waals surface area contributed by atoms with Gasteiger partial charge in [-0.3, -0.25) is 19.4 Å². The van der Waals surface area contributed by atoms with Gasteiger partial charge in [-0.1, -0.05) is 13.8 Å². The van der Waals surface area contributed by atoms with Gasteiger partial charge in [0.05, 0.1) is 6.04 Å². The molecular formula is C19H37N7O3. The maximum absolute atomic E-state index is 13.2. The Labute approximate surface area is 173 Å². The van der Waals surface area contributed by atoms with Crippen LogP contribution in [-0.4, -0.2) is 66.3 Å². The molecule has 0 saturated carbocycles. The number of rotatable bonds is 11. The highest BCUT2D eigenvalue weighted by Crippen LogP contribution is 2.20. The molecule has 166 valence electrons. The molecule has 1 aliphatic rings. The Bertz CT molecular complexity index is 590. The van der Waals surface area contributed by atoms with Crippen molar-refractivity contribution in [1.82, 2.24) is 15.5 Å². The summed E-state index contributed by atoms with van der Waals surface area (Å²) in [6.07, 6.45) is 2.74. The van der Waals surface area contributed by atoms with Crippen LogP contribution in [0.4, 0.5) is 0 Å². The molecule has 0 spiro atoms. The van der Waals surface area contributed by atoms with E-state index in [0.717, 1.165) is 6.42 Å². The zero-order valence-corrected chi connectivity index (χ0v) is 17.8. The summed E-state index contributed by atoms with van der Waals surface area (Å²) in [5, 5.41) is 5.55. The van der Waals surface area contributed by atoms with Gasteiger partial charge in [0, 0.05) is 19.6 Å². The molecule has 0 radical (unpaired) electrons. The summed E-state index contributed by atoms with van der Waals surface area (Å²) in [4.78, 5) is 43.5. The minimum Gasteiger partial charge on any atom is -0.370 e. The van der Waals surface area contributed by atoms with E-state index in [-0.39, 0.29) is 29.6 Å². The predicted octanol–water partition coefficient (Wildman–Crippen LogP) is -0.975. The van der Waals surface area contributed by atoms with Crippen LogP contribution in [0.2, 0.25) is 0 Å². The Balaban J connectivity index is 2.87. The maximum atomic E-state index is 13.2. The minimum atomic E-state index is -0.773. The van der Waals surface area contributed by atoms with Crippen molar-refractivity contribution >= 4 is 23.7 Å². The Morgan fingerprint density at radius 3 is 2.52 bits per heavy atom. The molecule has 10 heteroatoms. The van der Waals surface area contributed by atoms with E-state index in [2.05, 4.69) is 15.6 Å². The lowest BCUT2D eigenvalue weighted by Gasteiger charge is -2.29. The largest absolute Gasteiger partial charge is 0.370 e. The molecule has 3 amide bonds. The van der Waals surface area contributed by atoms with Crippen LogP contribution in [0.1, 0.15) is 52.9 Å². The van der Waals surface area contributed by atoms with Crippen molar-refractivity contribution in [2.45, 2.75) is 71.0 Å². The normalized spacial score (nSPS) is 18.2. The molecule has 1 heterocycles. The third-order valence-corrected chi connectivity index (χ3v) is 4.81. The Kier molecular flexibility index (Phi) is 10.4. The van der Waals surface area contributed by atoms with E-state index in [0.29, 0.717) is 45.3 Å². The molecule has 3 atom stereocenters. The highest BCUT2D eigenvalue weighted by Gasteiger charge is 2.37. The summed E-state index contributed by atoms with van der Waals surface area (Å²) < 4.78 is 0. The highest BCUT2D eigenvalue weighted by atomic mass is 16.2. The van der Waals surface area contributed by atoms with Crippen molar-refractivity contribution in [3.05, 3.63) is 0 Å². The number of guanidine groups is 1. The first-order valence-electron chi connectivity index (χ1n) is 10.4. The zero-order chi connectivity index (χ0) is 22.0. The van der Waals surface area contributed by atoms with E-state index in [9.17, 15) is 14.4 Å². The fourth-order valence-electron chi connectivity index (χ4n) is 3.45. The van der Waals surface area contributed by atoms with Crippen molar-refractivity contribution in [3.63, 3.8) is 0 Å². The number of carbonyl (C=O) groups excluding carboxylic acids is 3. The number of likely N-dealkylation sites (tertiary alicyclic amines) is 1. The van der Waals surface area contributed by atoms with Crippen LogP contribution < -0.4 is 27.8 Å². The smallest absolute Gasteiger partial charge is 0.245 e. The van der Waals surface area contributed by atoms with Crippen LogP contribution in [0.15, 0.2) is 4.99 Å². The summed E-state index contributed by atoms with van der Waals surface area (Å²) in [6.45, 7) is 7.12. The SMILES string of the molecule is CCNC(=O)[C@@H]1CCCN1C(=O)[C@H](CCCN=C(N)N)NC(=O)[C@H](N)CC(C)C. The highest BCUT2D eigenvalue weighted by molar-refractivity contribution is 5.93. The molecule has 1 fully saturated rings. The third kappa shape index (κ3) is 8.26. The number of amides is 3. The first-order valence-corrected chi connectivity index (χ1v) is 10.4. The lowest BCUT2D eigenvalue weighted by molar-refractivity contribution is -0.141. The van der Waals surface area contributed by atoms with Crippen LogP contribution in [0, 0.1) is 5.92 Å². The summed E-state index contributed by atoms with van der Waals surface area (Å²) >= 11 is 0. The summed E-state index contributed by atoms with van der Waals surface area (Å²) in [5.41, 5.74) is 16.6. The van der Waals surface area contributed by atoms with Crippen LogP contribution in [0.25, 0.3) is 0 Å². The number of nitrogens with two attached hydrogens (primary N) is 3. The van der Waals surface area contributed by atoms with Crippen LogP contribution in [-0.2, 0) is 14.4 Å². The maximum Gasteiger partial charge on any atom is 0.245 e. The van der Waals surface area contributed by atoms with Crippen molar-refractivity contribution in [3.8, 4) is 0 Å². The van der Waals surface area contributed by atoms with Gasteiger partial charge in [0.1, 0.15) is 12.1 Å². The fourth-order valence-corrected chi connectivity index (χ4v) is 3.45. The van der Waals surface area contributed by atoms with Gasteiger partial charge in [-0.25, -0.2) is 0 Å². The van der Waals surface area contributed by atoms with Gasteiger partial charge in [0.25, 0.3) is 0 Å². The number of nitrogens with zero attached hydrogens (tertiary/aromatic N) is 2. The lowest BCUT2D eigenvalue weighted by atomic mass is 10.0. The first kappa shape index (κ1) is 24.7. The third-order valence-electron chi connectivity index (χ3n) is 4.81. The van der Waals surface area contributed by atoms with Gasteiger partial charge >= 0.3 is 0 Å². The van der Waals surface area contributed by atoms with Crippen molar-refractivity contribution in [2.75, 3.05) is 19.6 Å². The predicted molar refractivity (Wildman–Crippen MR) is 113 cm³/mol. The zero-order valence-electron chi connectivity index (χ0n) is 17.8. The second-order valence-corrected chi connectivity index (χ2v) is 7.83. The van der Waals surface area contributed by atoms with E-state index < -0.39 is 18.1 Å². The van der Waals surface area contributed by atoms with Gasteiger partial charge in [0.15, 0.2) is 5.96 Å². The lowest BCUT2D eigenvalue weighted by Crippen LogP contribution is -2.55. The van der Waals surface area contributed by atoms with Gasteiger partial charge in [-0.2, -0.15) is 0 Å². The second kappa shape index (κ2) is 12.3. The fraction of sp³-hybridized carbons (Fsp3) is 0.789. The molecule has 1 rings (SSSR count). The van der Waals surface area contributed by atoms with E-state index in [1.165, 1.54) is 0 Å². The van der Waals surface area contributed by atoms with Crippen LogP contribution >= 0.6 is 0 Å². The van der Waals surface area contributed by atoms with E-state index in [4.69, 9.17) is 17.2 Å². The molecule has 0 aromatic rings. The summed E-state index contributed by atoms with van der Waals surface area (Å²) in [6, 6.07) is -1.98. The molecular weight excluding hydrogens is 374 g/mol.